The van der Waals surface area contributed by atoms with Crippen LogP contribution in [-0.2, 0) is 4.79 Å². The number of hydrogen-bond acceptors (Lipinski definition) is 4. The fourth-order valence-electron chi connectivity index (χ4n) is 1.98. The normalized spacial score (nSPS) is 10.3. The van der Waals surface area contributed by atoms with Crippen LogP contribution >= 0.6 is 0 Å². The van der Waals surface area contributed by atoms with Crippen LogP contribution in [0.2, 0.25) is 0 Å². The van der Waals surface area contributed by atoms with Crippen molar-refractivity contribution in [3.05, 3.63) is 66.6 Å². The number of anilines is 1. The third-order valence-corrected chi connectivity index (χ3v) is 3.16. The van der Waals surface area contributed by atoms with Gasteiger partial charge in [-0.2, -0.15) is 5.10 Å². The van der Waals surface area contributed by atoms with Gasteiger partial charge in [0.15, 0.2) is 12.4 Å². The lowest BCUT2D eigenvalue weighted by atomic mass is 10.2. The van der Waals surface area contributed by atoms with E-state index in [1.807, 2.05) is 37.3 Å². The van der Waals surface area contributed by atoms with E-state index >= 15 is 0 Å². The number of hydrogen-bond donors (Lipinski definition) is 1. The van der Waals surface area contributed by atoms with E-state index in [4.69, 9.17) is 4.74 Å². The Morgan fingerprint density at radius 2 is 2.04 bits per heavy atom. The fraction of sp³-hybridized carbons (Fsp3) is 0.118. The molecule has 0 unspecified atom stereocenters. The summed E-state index contributed by atoms with van der Waals surface area (Å²) >= 11 is 0. The highest BCUT2D eigenvalue weighted by atomic mass is 16.5. The van der Waals surface area contributed by atoms with Crippen molar-refractivity contribution >= 4 is 11.6 Å². The van der Waals surface area contributed by atoms with Gasteiger partial charge in [0.25, 0.3) is 5.91 Å². The molecule has 3 aromatic rings. The molecule has 0 atom stereocenters. The number of rotatable bonds is 5. The summed E-state index contributed by atoms with van der Waals surface area (Å²) in [5.41, 5.74) is 1.75. The molecule has 0 aliphatic carbocycles. The van der Waals surface area contributed by atoms with E-state index in [0.29, 0.717) is 17.3 Å². The first-order valence-corrected chi connectivity index (χ1v) is 7.16. The predicted molar refractivity (Wildman–Crippen MR) is 86.7 cm³/mol. The molecule has 0 bridgehead atoms. The molecule has 1 aromatic carbocycles. The van der Waals surface area contributed by atoms with Crippen molar-refractivity contribution in [2.45, 2.75) is 6.92 Å². The van der Waals surface area contributed by atoms with Gasteiger partial charge in [-0.05, 0) is 37.3 Å². The van der Waals surface area contributed by atoms with E-state index in [0.717, 1.165) is 5.56 Å². The standard InChI is InChI=1S/C17H16N4O2/c1-13-3-6-15(7-4-13)23-12-17(22)20-14-5-8-16(18-11-14)21-10-2-9-19-21/h2-11H,12H2,1H3,(H,20,22). The quantitative estimate of drug-likeness (QED) is 0.786. The lowest BCUT2D eigenvalue weighted by molar-refractivity contribution is -0.118. The van der Waals surface area contributed by atoms with Crippen molar-refractivity contribution in [2.24, 2.45) is 0 Å². The summed E-state index contributed by atoms with van der Waals surface area (Å²) in [5, 5.41) is 6.83. The van der Waals surface area contributed by atoms with Gasteiger partial charge in [-0.3, -0.25) is 4.79 Å². The number of benzene rings is 1. The van der Waals surface area contributed by atoms with E-state index < -0.39 is 0 Å². The highest BCUT2D eigenvalue weighted by Crippen LogP contribution is 2.12. The lowest BCUT2D eigenvalue weighted by Crippen LogP contribution is -2.20. The van der Waals surface area contributed by atoms with Crippen molar-refractivity contribution in [2.75, 3.05) is 11.9 Å². The number of ether oxygens (including phenoxy) is 1. The van der Waals surface area contributed by atoms with E-state index in [1.54, 1.807) is 35.4 Å². The van der Waals surface area contributed by atoms with Crippen molar-refractivity contribution in [3.63, 3.8) is 0 Å². The van der Waals surface area contributed by atoms with Gasteiger partial charge in [0.2, 0.25) is 0 Å². The highest BCUT2D eigenvalue weighted by Gasteiger charge is 2.05. The molecular weight excluding hydrogens is 292 g/mol. The van der Waals surface area contributed by atoms with Crippen LogP contribution in [0.4, 0.5) is 5.69 Å². The minimum absolute atomic E-state index is 0.0516. The monoisotopic (exact) mass is 308 g/mol. The average molecular weight is 308 g/mol. The van der Waals surface area contributed by atoms with Gasteiger partial charge < -0.3 is 10.1 Å². The Bertz CT molecular complexity index is 765. The number of amides is 1. The smallest absolute Gasteiger partial charge is 0.262 e. The number of aromatic nitrogens is 3. The molecule has 0 saturated carbocycles. The molecule has 0 aliphatic heterocycles. The average Bonchev–Trinajstić information content (AvgIpc) is 3.09. The summed E-state index contributed by atoms with van der Waals surface area (Å²) in [6.45, 7) is 1.94. The second-order valence-corrected chi connectivity index (χ2v) is 5.01. The lowest BCUT2D eigenvalue weighted by Gasteiger charge is -2.08. The third kappa shape index (κ3) is 3.94. The van der Waals surface area contributed by atoms with E-state index in [-0.39, 0.29) is 12.5 Å². The van der Waals surface area contributed by atoms with Crippen LogP contribution in [-0.4, -0.2) is 27.3 Å². The van der Waals surface area contributed by atoms with Gasteiger partial charge in [-0.25, -0.2) is 9.67 Å². The number of carbonyl (C=O) groups is 1. The van der Waals surface area contributed by atoms with Crippen LogP contribution < -0.4 is 10.1 Å². The summed E-state index contributed by atoms with van der Waals surface area (Å²) in [6, 6.07) is 12.9. The predicted octanol–water partition coefficient (Wildman–Crippen LogP) is 2.59. The van der Waals surface area contributed by atoms with E-state index in [9.17, 15) is 4.79 Å². The number of pyridine rings is 1. The van der Waals surface area contributed by atoms with Crippen molar-refractivity contribution < 1.29 is 9.53 Å². The minimum atomic E-state index is -0.237. The minimum Gasteiger partial charge on any atom is -0.484 e. The molecule has 6 heteroatoms. The Morgan fingerprint density at radius 1 is 1.22 bits per heavy atom. The molecule has 23 heavy (non-hydrogen) atoms. The maximum absolute atomic E-state index is 11.9. The maximum Gasteiger partial charge on any atom is 0.262 e. The molecule has 0 saturated heterocycles. The van der Waals surface area contributed by atoms with Gasteiger partial charge in [0.05, 0.1) is 11.9 Å². The Balaban J connectivity index is 1.54. The summed E-state index contributed by atoms with van der Waals surface area (Å²) in [4.78, 5) is 16.1. The van der Waals surface area contributed by atoms with Gasteiger partial charge >= 0.3 is 0 Å². The zero-order chi connectivity index (χ0) is 16.1. The van der Waals surface area contributed by atoms with Crippen LogP contribution in [0, 0.1) is 6.92 Å². The molecule has 1 N–H and O–H groups in total. The van der Waals surface area contributed by atoms with Crippen LogP contribution in [0.1, 0.15) is 5.56 Å². The van der Waals surface area contributed by atoms with Crippen molar-refractivity contribution in [1.29, 1.82) is 0 Å². The molecule has 116 valence electrons. The number of aryl methyl sites for hydroxylation is 1. The summed E-state index contributed by atoms with van der Waals surface area (Å²) < 4.78 is 7.08. The molecule has 0 aliphatic rings. The van der Waals surface area contributed by atoms with E-state index in [1.165, 1.54) is 0 Å². The summed E-state index contributed by atoms with van der Waals surface area (Å²) in [5.74, 6) is 1.11. The first-order valence-electron chi connectivity index (χ1n) is 7.16. The molecular formula is C17H16N4O2. The van der Waals surface area contributed by atoms with Crippen LogP contribution in [0.5, 0.6) is 5.75 Å². The Labute approximate surface area is 133 Å². The van der Waals surface area contributed by atoms with Crippen LogP contribution in [0.15, 0.2) is 61.1 Å². The Kier molecular flexibility index (Phi) is 4.33. The first kappa shape index (κ1) is 14.8. The van der Waals surface area contributed by atoms with Gasteiger partial charge in [-0.1, -0.05) is 17.7 Å². The highest BCUT2D eigenvalue weighted by molar-refractivity contribution is 5.91. The molecule has 3 rings (SSSR count). The van der Waals surface area contributed by atoms with Crippen LogP contribution in [0.25, 0.3) is 5.82 Å². The zero-order valence-corrected chi connectivity index (χ0v) is 12.6. The molecule has 0 spiro atoms. The summed E-state index contributed by atoms with van der Waals surface area (Å²) in [7, 11) is 0. The van der Waals surface area contributed by atoms with Crippen molar-refractivity contribution in [1.82, 2.24) is 14.8 Å². The van der Waals surface area contributed by atoms with Gasteiger partial charge in [0, 0.05) is 12.4 Å². The van der Waals surface area contributed by atoms with Crippen LogP contribution in [0.3, 0.4) is 0 Å². The van der Waals surface area contributed by atoms with Gasteiger partial charge in [0.1, 0.15) is 5.75 Å². The SMILES string of the molecule is Cc1ccc(OCC(=O)Nc2ccc(-n3cccn3)nc2)cc1. The molecule has 2 aromatic heterocycles. The second kappa shape index (κ2) is 6.74. The third-order valence-electron chi connectivity index (χ3n) is 3.16. The largest absolute Gasteiger partial charge is 0.484 e. The number of carbonyl (C=O) groups excluding carboxylic acids is 1. The first-order chi connectivity index (χ1) is 11.2. The molecule has 0 radical (unpaired) electrons. The Hall–Kier alpha value is -3.15. The van der Waals surface area contributed by atoms with Crippen molar-refractivity contribution in [3.8, 4) is 11.6 Å². The molecule has 2 heterocycles. The summed E-state index contributed by atoms with van der Waals surface area (Å²) in [6.07, 6.45) is 5.07. The molecule has 1 amide bonds. The Morgan fingerprint density at radius 3 is 2.70 bits per heavy atom. The van der Waals surface area contributed by atoms with Gasteiger partial charge in [-0.15, -0.1) is 0 Å². The second-order valence-electron chi connectivity index (χ2n) is 5.01. The number of nitrogens with zero attached hydrogens (tertiary/aromatic N) is 3. The van der Waals surface area contributed by atoms with E-state index in [2.05, 4.69) is 15.4 Å². The maximum atomic E-state index is 11.9. The topological polar surface area (TPSA) is 69.0 Å². The molecule has 6 nitrogen and oxygen atoms in total. The molecule has 0 fully saturated rings. The zero-order valence-electron chi connectivity index (χ0n) is 12.6. The fourth-order valence-corrected chi connectivity index (χ4v) is 1.98. The number of nitrogens with one attached hydrogen (secondary N) is 1.